The number of aromatic nitrogens is 7. The molecule has 38 heavy (non-hydrogen) atoms. The number of H-pyrrole nitrogens is 2. The van der Waals surface area contributed by atoms with E-state index in [0.717, 1.165) is 59.7 Å². The van der Waals surface area contributed by atoms with Gasteiger partial charge in [-0.1, -0.05) is 13.8 Å². The van der Waals surface area contributed by atoms with E-state index >= 15 is 0 Å². The first kappa shape index (κ1) is 24.0. The molecule has 0 bridgehead atoms. The molecular weight excluding hydrogens is 480 g/mol. The predicted octanol–water partition coefficient (Wildman–Crippen LogP) is 3.69. The summed E-state index contributed by atoms with van der Waals surface area (Å²) in [4.78, 5) is 38.9. The molecule has 1 amide bonds. The molecule has 11 nitrogen and oxygen atoms in total. The van der Waals surface area contributed by atoms with Crippen molar-refractivity contribution in [2.24, 2.45) is 5.92 Å². The Morgan fingerprint density at radius 3 is 2.63 bits per heavy atom. The molecule has 0 saturated carbocycles. The van der Waals surface area contributed by atoms with Crippen LogP contribution in [0, 0.1) is 5.92 Å². The van der Waals surface area contributed by atoms with Crippen LogP contribution in [0.5, 0.6) is 0 Å². The number of aromatic amines is 2. The van der Waals surface area contributed by atoms with Gasteiger partial charge in [0.1, 0.15) is 11.0 Å². The summed E-state index contributed by atoms with van der Waals surface area (Å²) in [6, 6.07) is 5.74. The predicted molar refractivity (Wildman–Crippen MR) is 148 cm³/mol. The summed E-state index contributed by atoms with van der Waals surface area (Å²) in [5, 5.41) is 10.5. The zero-order valence-corrected chi connectivity index (χ0v) is 21.7. The molecule has 0 unspecified atom stereocenters. The van der Waals surface area contributed by atoms with Crippen molar-refractivity contribution < 1.29 is 4.79 Å². The first-order chi connectivity index (χ1) is 18.4. The third kappa shape index (κ3) is 4.68. The Balaban J connectivity index is 1.34. The summed E-state index contributed by atoms with van der Waals surface area (Å²) in [6.07, 6.45) is 7.52. The van der Waals surface area contributed by atoms with Gasteiger partial charge in [0.2, 0.25) is 5.91 Å². The summed E-state index contributed by atoms with van der Waals surface area (Å²) in [5.74, 6) is 0.878. The second-order valence-electron chi connectivity index (χ2n) is 10.2. The molecule has 5 aromatic heterocycles. The standard InChI is InChI=1S/C27H30N10O/c1-16(2)10-23(38)30-18-11-17(12-28-13-18)19-4-5-20-25(31-19)26(35-34-20)27-32-21-14-29-15-22(24(21)33-27)37-8-6-36(3)7-9-37/h4-5,11-16H,6-10H2,1-3H3,(H,30,38)(H,32,33)(H,34,35). The van der Waals surface area contributed by atoms with Crippen molar-refractivity contribution in [1.82, 2.24) is 40.0 Å². The molecule has 5 aromatic rings. The summed E-state index contributed by atoms with van der Waals surface area (Å²) >= 11 is 0. The van der Waals surface area contributed by atoms with Gasteiger partial charge in [0.25, 0.3) is 0 Å². The van der Waals surface area contributed by atoms with Gasteiger partial charge in [-0.25, -0.2) is 9.97 Å². The topological polar surface area (TPSA) is 132 Å². The maximum atomic E-state index is 12.2. The number of piperazine rings is 1. The summed E-state index contributed by atoms with van der Waals surface area (Å²) in [7, 11) is 2.14. The van der Waals surface area contributed by atoms with E-state index in [2.05, 4.69) is 47.3 Å². The van der Waals surface area contributed by atoms with E-state index in [-0.39, 0.29) is 11.8 Å². The van der Waals surface area contributed by atoms with Crippen molar-refractivity contribution in [3.05, 3.63) is 43.0 Å². The smallest absolute Gasteiger partial charge is 0.224 e. The molecule has 0 radical (unpaired) electrons. The number of anilines is 2. The minimum Gasteiger partial charge on any atom is -0.366 e. The Bertz CT molecular complexity index is 1610. The van der Waals surface area contributed by atoms with E-state index < -0.39 is 0 Å². The van der Waals surface area contributed by atoms with Crippen molar-refractivity contribution in [1.29, 1.82) is 0 Å². The number of hydrogen-bond acceptors (Lipinski definition) is 8. The SMILES string of the molecule is CC(C)CC(=O)Nc1cncc(-c2ccc3[nH]nc(-c4nc5c(N6CCN(C)CC6)cncc5[nH]4)c3n2)c1. The average molecular weight is 511 g/mol. The quantitative estimate of drug-likeness (QED) is 0.315. The lowest BCUT2D eigenvalue weighted by Crippen LogP contribution is -2.44. The zero-order chi connectivity index (χ0) is 26.2. The zero-order valence-electron chi connectivity index (χ0n) is 21.7. The maximum Gasteiger partial charge on any atom is 0.224 e. The minimum absolute atomic E-state index is 0.0326. The normalized spacial score (nSPS) is 14.6. The molecule has 6 heterocycles. The number of pyridine rings is 3. The number of nitrogens with zero attached hydrogens (tertiary/aromatic N) is 7. The van der Waals surface area contributed by atoms with Crippen LogP contribution in [0.25, 0.3) is 44.8 Å². The van der Waals surface area contributed by atoms with Gasteiger partial charge in [-0.3, -0.25) is 19.9 Å². The fourth-order valence-corrected chi connectivity index (χ4v) is 4.77. The van der Waals surface area contributed by atoms with Crippen LogP contribution in [0.3, 0.4) is 0 Å². The highest BCUT2D eigenvalue weighted by atomic mass is 16.1. The molecule has 1 aliphatic heterocycles. The van der Waals surface area contributed by atoms with Crippen molar-refractivity contribution >= 4 is 39.3 Å². The number of likely N-dealkylation sites (N-methyl/N-ethyl adjacent to an activating group) is 1. The first-order valence-electron chi connectivity index (χ1n) is 12.8. The van der Waals surface area contributed by atoms with Gasteiger partial charge in [0.15, 0.2) is 11.5 Å². The van der Waals surface area contributed by atoms with E-state index in [0.29, 0.717) is 29.1 Å². The number of hydrogen-bond donors (Lipinski definition) is 3. The number of fused-ring (bicyclic) bond motifs is 2. The average Bonchev–Trinajstić information content (AvgIpc) is 3.52. The maximum absolute atomic E-state index is 12.2. The second kappa shape index (κ2) is 9.82. The third-order valence-electron chi connectivity index (χ3n) is 6.76. The molecule has 1 saturated heterocycles. The summed E-state index contributed by atoms with van der Waals surface area (Å²) in [6.45, 7) is 7.90. The van der Waals surface area contributed by atoms with E-state index in [1.54, 1.807) is 18.6 Å². The van der Waals surface area contributed by atoms with E-state index in [1.807, 2.05) is 38.2 Å². The lowest BCUT2D eigenvalue weighted by atomic mass is 10.1. The molecule has 0 atom stereocenters. The van der Waals surface area contributed by atoms with Crippen LogP contribution in [-0.2, 0) is 4.79 Å². The monoisotopic (exact) mass is 510 g/mol. The Morgan fingerprint density at radius 2 is 1.82 bits per heavy atom. The largest absolute Gasteiger partial charge is 0.366 e. The van der Waals surface area contributed by atoms with Gasteiger partial charge in [-0.2, -0.15) is 5.10 Å². The van der Waals surface area contributed by atoms with Crippen molar-refractivity contribution in [3.8, 4) is 22.8 Å². The van der Waals surface area contributed by atoms with Crippen LogP contribution in [0.15, 0.2) is 43.0 Å². The highest BCUT2D eigenvalue weighted by Crippen LogP contribution is 2.31. The molecule has 1 aliphatic rings. The summed E-state index contributed by atoms with van der Waals surface area (Å²) < 4.78 is 0. The van der Waals surface area contributed by atoms with Crippen LogP contribution in [0.2, 0.25) is 0 Å². The fraction of sp³-hybridized carbons (Fsp3) is 0.333. The lowest BCUT2D eigenvalue weighted by molar-refractivity contribution is -0.116. The molecule has 1 fully saturated rings. The number of nitrogens with one attached hydrogen (secondary N) is 3. The molecule has 0 aromatic carbocycles. The van der Waals surface area contributed by atoms with Gasteiger partial charge in [0, 0.05) is 44.4 Å². The number of imidazole rings is 1. The molecule has 3 N–H and O–H groups in total. The van der Waals surface area contributed by atoms with Crippen molar-refractivity contribution in [2.45, 2.75) is 20.3 Å². The number of carbonyl (C=O) groups excluding carboxylic acids is 1. The van der Waals surface area contributed by atoms with Gasteiger partial charge in [-0.05, 0) is 31.2 Å². The lowest BCUT2D eigenvalue weighted by Gasteiger charge is -2.33. The highest BCUT2D eigenvalue weighted by Gasteiger charge is 2.21. The van der Waals surface area contributed by atoms with Gasteiger partial charge >= 0.3 is 0 Å². The fourth-order valence-electron chi connectivity index (χ4n) is 4.77. The van der Waals surface area contributed by atoms with E-state index in [1.165, 1.54) is 0 Å². The van der Waals surface area contributed by atoms with E-state index in [4.69, 9.17) is 9.97 Å². The second-order valence-corrected chi connectivity index (χ2v) is 10.2. The Hall–Kier alpha value is -4.38. The van der Waals surface area contributed by atoms with Gasteiger partial charge in [0.05, 0.1) is 46.7 Å². The Labute approximate surface area is 219 Å². The molecular formula is C27H30N10O. The van der Waals surface area contributed by atoms with Crippen LogP contribution < -0.4 is 10.2 Å². The molecule has 6 rings (SSSR count). The van der Waals surface area contributed by atoms with Crippen LogP contribution in [0.1, 0.15) is 20.3 Å². The molecule has 11 heteroatoms. The summed E-state index contributed by atoms with van der Waals surface area (Å²) in [5.41, 5.74) is 7.06. The number of carbonyl (C=O) groups is 1. The van der Waals surface area contributed by atoms with Crippen LogP contribution in [-0.4, -0.2) is 79.2 Å². The first-order valence-corrected chi connectivity index (χ1v) is 12.8. The molecule has 0 aliphatic carbocycles. The highest BCUT2D eigenvalue weighted by molar-refractivity contribution is 5.95. The van der Waals surface area contributed by atoms with Crippen molar-refractivity contribution in [3.63, 3.8) is 0 Å². The Kier molecular flexibility index (Phi) is 6.20. The Morgan fingerprint density at radius 1 is 1.00 bits per heavy atom. The van der Waals surface area contributed by atoms with Crippen LogP contribution in [0.4, 0.5) is 11.4 Å². The van der Waals surface area contributed by atoms with Gasteiger partial charge in [-0.15, -0.1) is 0 Å². The number of amides is 1. The van der Waals surface area contributed by atoms with Crippen molar-refractivity contribution in [2.75, 3.05) is 43.4 Å². The van der Waals surface area contributed by atoms with Gasteiger partial charge < -0.3 is 20.1 Å². The van der Waals surface area contributed by atoms with E-state index in [9.17, 15) is 4.79 Å². The van der Waals surface area contributed by atoms with Crippen LogP contribution >= 0.6 is 0 Å². The molecule has 194 valence electrons. The minimum atomic E-state index is -0.0326. The molecule has 0 spiro atoms. The number of rotatable bonds is 6. The third-order valence-corrected chi connectivity index (χ3v) is 6.76.